The number of carbonyl (C=O) groups excluding carboxylic acids is 2. The molecule has 1 aliphatic rings. The molecule has 4 rings (SSSR count). The Hall–Kier alpha value is -3.45. The standard InChI is InChI=1S/C23H20N2O4S/c1-2-29-17-8-3-7-16(12-17)20-19(21(26)18-9-5-11-30-18)22(27)23(28)25(20)14-15-6-4-10-24-13-15/h3-13,20,27H,2,14H2,1H3/t20-/m0/s1. The molecule has 0 radical (unpaired) electrons. The zero-order valence-electron chi connectivity index (χ0n) is 16.3. The van der Waals surface area contributed by atoms with E-state index in [9.17, 15) is 14.7 Å². The molecule has 0 saturated carbocycles. The lowest BCUT2D eigenvalue weighted by molar-refractivity contribution is -0.130. The molecule has 1 atom stereocenters. The van der Waals surface area contributed by atoms with Crippen LogP contribution >= 0.6 is 11.3 Å². The largest absolute Gasteiger partial charge is 0.503 e. The topological polar surface area (TPSA) is 79.7 Å². The van der Waals surface area contributed by atoms with Crippen LogP contribution in [0.25, 0.3) is 0 Å². The van der Waals surface area contributed by atoms with E-state index in [0.29, 0.717) is 22.8 Å². The fourth-order valence-electron chi connectivity index (χ4n) is 3.57. The number of carbonyl (C=O) groups is 2. The minimum absolute atomic E-state index is 0.0833. The van der Waals surface area contributed by atoms with Gasteiger partial charge in [0.15, 0.2) is 5.76 Å². The first-order valence-electron chi connectivity index (χ1n) is 9.54. The summed E-state index contributed by atoms with van der Waals surface area (Å²) in [6, 6.07) is 13.6. The average molecular weight is 420 g/mol. The highest BCUT2D eigenvalue weighted by atomic mass is 32.1. The second kappa shape index (κ2) is 8.51. The molecule has 1 amide bonds. The number of benzene rings is 1. The molecule has 0 fully saturated rings. The first-order valence-corrected chi connectivity index (χ1v) is 10.4. The van der Waals surface area contributed by atoms with Crippen LogP contribution in [0, 0.1) is 0 Å². The molecule has 1 N–H and O–H groups in total. The van der Waals surface area contributed by atoms with Crippen molar-refractivity contribution in [1.82, 2.24) is 9.88 Å². The van der Waals surface area contributed by atoms with E-state index in [1.165, 1.54) is 16.2 Å². The van der Waals surface area contributed by atoms with E-state index in [0.717, 1.165) is 5.56 Å². The van der Waals surface area contributed by atoms with Crippen molar-refractivity contribution in [2.24, 2.45) is 0 Å². The molecule has 0 aliphatic carbocycles. The van der Waals surface area contributed by atoms with Crippen LogP contribution in [-0.2, 0) is 11.3 Å². The summed E-state index contributed by atoms with van der Waals surface area (Å²) in [5.74, 6) is -0.802. The van der Waals surface area contributed by atoms with E-state index >= 15 is 0 Å². The number of nitrogens with zero attached hydrogens (tertiary/aromatic N) is 2. The summed E-state index contributed by atoms with van der Waals surface area (Å²) < 4.78 is 5.61. The Morgan fingerprint density at radius 1 is 1.23 bits per heavy atom. The molecule has 7 heteroatoms. The number of thiophene rings is 1. The fourth-order valence-corrected chi connectivity index (χ4v) is 4.24. The van der Waals surface area contributed by atoms with Gasteiger partial charge in [-0.05, 0) is 47.7 Å². The van der Waals surface area contributed by atoms with Crippen molar-refractivity contribution in [3.05, 3.63) is 93.6 Å². The van der Waals surface area contributed by atoms with E-state index in [1.807, 2.05) is 31.2 Å². The Bertz CT molecular complexity index is 1090. The predicted molar refractivity (Wildman–Crippen MR) is 113 cm³/mol. The van der Waals surface area contributed by atoms with Gasteiger partial charge in [-0.2, -0.15) is 0 Å². The number of aromatic nitrogens is 1. The molecule has 1 aromatic carbocycles. The molecule has 0 unspecified atom stereocenters. The maximum absolute atomic E-state index is 13.2. The van der Waals surface area contributed by atoms with Crippen LogP contribution in [0.1, 0.15) is 33.8 Å². The molecule has 152 valence electrons. The number of Topliss-reactive ketones (excluding diaryl/α,β-unsaturated/α-hetero) is 1. The van der Waals surface area contributed by atoms with Crippen molar-refractivity contribution in [3.8, 4) is 5.75 Å². The first kappa shape index (κ1) is 19.8. The Morgan fingerprint density at radius 2 is 2.10 bits per heavy atom. The Balaban J connectivity index is 1.80. The minimum atomic E-state index is -0.729. The van der Waals surface area contributed by atoms with Gasteiger partial charge in [-0.15, -0.1) is 11.3 Å². The molecule has 0 spiro atoms. The lowest BCUT2D eigenvalue weighted by atomic mass is 9.95. The summed E-state index contributed by atoms with van der Waals surface area (Å²) in [4.78, 5) is 32.3. The van der Waals surface area contributed by atoms with Gasteiger partial charge in [0.2, 0.25) is 5.78 Å². The van der Waals surface area contributed by atoms with E-state index in [2.05, 4.69) is 4.98 Å². The maximum atomic E-state index is 13.2. The van der Waals surface area contributed by atoms with Crippen molar-refractivity contribution in [2.45, 2.75) is 19.5 Å². The highest BCUT2D eigenvalue weighted by Gasteiger charge is 2.44. The third-order valence-electron chi connectivity index (χ3n) is 4.85. The van der Waals surface area contributed by atoms with Crippen LogP contribution in [-0.4, -0.2) is 33.3 Å². The van der Waals surface area contributed by atoms with Crippen molar-refractivity contribution in [2.75, 3.05) is 6.61 Å². The maximum Gasteiger partial charge on any atom is 0.290 e. The lowest BCUT2D eigenvalue weighted by Crippen LogP contribution is -2.30. The monoisotopic (exact) mass is 420 g/mol. The molecular formula is C23H20N2O4S. The van der Waals surface area contributed by atoms with Crippen LogP contribution in [0.5, 0.6) is 5.75 Å². The minimum Gasteiger partial charge on any atom is -0.503 e. The third kappa shape index (κ3) is 3.71. The van der Waals surface area contributed by atoms with Gasteiger partial charge in [0.1, 0.15) is 5.75 Å². The normalized spacial score (nSPS) is 16.2. The van der Waals surface area contributed by atoms with Gasteiger partial charge in [-0.1, -0.05) is 24.3 Å². The Morgan fingerprint density at radius 3 is 2.80 bits per heavy atom. The molecule has 0 bridgehead atoms. The molecule has 3 aromatic rings. The zero-order chi connectivity index (χ0) is 21.1. The van der Waals surface area contributed by atoms with Crippen molar-refractivity contribution < 1.29 is 19.4 Å². The molecule has 30 heavy (non-hydrogen) atoms. The SMILES string of the molecule is CCOc1cccc([C@H]2C(C(=O)c3cccs3)=C(O)C(=O)N2Cc2cccnc2)c1. The average Bonchev–Trinajstić information content (AvgIpc) is 3.38. The highest BCUT2D eigenvalue weighted by Crippen LogP contribution is 2.41. The smallest absolute Gasteiger partial charge is 0.290 e. The van der Waals surface area contributed by atoms with Gasteiger partial charge >= 0.3 is 0 Å². The number of amides is 1. The van der Waals surface area contributed by atoms with Gasteiger partial charge in [-0.3, -0.25) is 14.6 Å². The highest BCUT2D eigenvalue weighted by molar-refractivity contribution is 7.12. The second-order valence-electron chi connectivity index (χ2n) is 6.77. The number of hydrogen-bond donors (Lipinski definition) is 1. The number of hydrogen-bond acceptors (Lipinski definition) is 6. The van der Waals surface area contributed by atoms with E-state index in [4.69, 9.17) is 4.74 Å². The molecule has 3 heterocycles. The fraction of sp³-hybridized carbons (Fsp3) is 0.174. The third-order valence-corrected chi connectivity index (χ3v) is 5.72. The van der Waals surface area contributed by atoms with Gasteiger partial charge < -0.3 is 14.7 Å². The predicted octanol–water partition coefficient (Wildman–Crippen LogP) is 4.32. The number of pyridine rings is 1. The zero-order valence-corrected chi connectivity index (χ0v) is 17.1. The molecule has 0 saturated heterocycles. The summed E-state index contributed by atoms with van der Waals surface area (Å²) in [5.41, 5.74) is 1.58. The quantitative estimate of drug-likeness (QED) is 0.576. The van der Waals surface area contributed by atoms with Crippen LogP contribution < -0.4 is 4.74 Å². The van der Waals surface area contributed by atoms with Gasteiger partial charge in [0.05, 0.1) is 23.1 Å². The number of aliphatic hydroxyl groups excluding tert-OH is 1. The van der Waals surface area contributed by atoms with Crippen LogP contribution in [0.3, 0.4) is 0 Å². The second-order valence-corrected chi connectivity index (χ2v) is 7.72. The lowest BCUT2D eigenvalue weighted by Gasteiger charge is -2.27. The van der Waals surface area contributed by atoms with Crippen molar-refractivity contribution >= 4 is 23.0 Å². The molecule has 1 aliphatic heterocycles. The summed E-state index contributed by atoms with van der Waals surface area (Å²) in [5, 5.41) is 12.5. The molecule has 6 nitrogen and oxygen atoms in total. The van der Waals surface area contributed by atoms with E-state index < -0.39 is 17.7 Å². The number of aliphatic hydroxyl groups is 1. The molecule has 2 aromatic heterocycles. The summed E-state index contributed by atoms with van der Waals surface area (Å²) in [6.45, 7) is 2.59. The van der Waals surface area contributed by atoms with Gasteiger partial charge in [0.25, 0.3) is 5.91 Å². The van der Waals surface area contributed by atoms with Crippen molar-refractivity contribution in [1.29, 1.82) is 0 Å². The van der Waals surface area contributed by atoms with Crippen LogP contribution in [0.2, 0.25) is 0 Å². The van der Waals surface area contributed by atoms with Crippen molar-refractivity contribution in [3.63, 3.8) is 0 Å². The number of ketones is 1. The van der Waals surface area contributed by atoms with Gasteiger partial charge in [-0.25, -0.2) is 0 Å². The number of ether oxygens (including phenoxy) is 1. The molecular weight excluding hydrogens is 400 g/mol. The first-order chi connectivity index (χ1) is 14.6. The van der Waals surface area contributed by atoms with Crippen LogP contribution in [0.4, 0.5) is 0 Å². The van der Waals surface area contributed by atoms with E-state index in [-0.39, 0.29) is 17.9 Å². The summed E-state index contributed by atoms with van der Waals surface area (Å²) in [7, 11) is 0. The number of rotatable bonds is 7. The summed E-state index contributed by atoms with van der Waals surface area (Å²) >= 11 is 1.28. The van der Waals surface area contributed by atoms with Crippen LogP contribution in [0.15, 0.2) is 77.6 Å². The summed E-state index contributed by atoms with van der Waals surface area (Å²) in [6.07, 6.45) is 3.32. The Labute approximate surface area is 178 Å². The van der Waals surface area contributed by atoms with E-state index in [1.54, 1.807) is 42.0 Å². The van der Waals surface area contributed by atoms with Gasteiger partial charge in [0, 0.05) is 18.9 Å². The Kier molecular flexibility index (Phi) is 5.63.